The Morgan fingerprint density at radius 1 is 0.833 bits per heavy atom. The Morgan fingerprint density at radius 3 is 2.17 bits per heavy atom. The standard InChI is InChI=1S/C26H23N5O5/c1-25(21(33)28-23(35)29-25)17-9-11-19(12-10-17)27-20(32)14-31-22(34)26(2,30-24(31)36)18-8-7-15-5-3-4-6-16(15)13-18/h3-13H,14H2,1-2H3,(H,27,32)(H,30,36)(H2,28,29,33,35). The highest BCUT2D eigenvalue weighted by Crippen LogP contribution is 2.31. The molecule has 7 amide bonds. The fourth-order valence-electron chi connectivity index (χ4n) is 4.51. The van der Waals surface area contributed by atoms with Crippen LogP contribution < -0.4 is 21.3 Å². The molecule has 10 nitrogen and oxygen atoms in total. The van der Waals surface area contributed by atoms with Crippen LogP contribution in [0.5, 0.6) is 0 Å². The fourth-order valence-corrected chi connectivity index (χ4v) is 4.51. The molecular formula is C26H23N5O5. The fraction of sp³-hybridized carbons (Fsp3) is 0.192. The molecule has 2 aliphatic rings. The second-order valence-electron chi connectivity index (χ2n) is 9.17. The number of nitrogens with one attached hydrogen (secondary N) is 4. The van der Waals surface area contributed by atoms with E-state index < -0.39 is 47.4 Å². The second kappa shape index (κ2) is 8.19. The Bertz CT molecular complexity index is 1450. The van der Waals surface area contributed by atoms with Crippen LogP contribution in [0.1, 0.15) is 25.0 Å². The van der Waals surface area contributed by atoms with Crippen molar-refractivity contribution in [1.29, 1.82) is 0 Å². The molecule has 0 spiro atoms. The summed E-state index contributed by atoms with van der Waals surface area (Å²) in [7, 11) is 0. The quantitative estimate of drug-likeness (QED) is 0.411. The van der Waals surface area contributed by atoms with Gasteiger partial charge in [-0.15, -0.1) is 0 Å². The van der Waals surface area contributed by atoms with Gasteiger partial charge in [-0.2, -0.15) is 0 Å². The normalized spacial score (nSPS) is 23.4. The maximum Gasteiger partial charge on any atom is 0.325 e. The maximum absolute atomic E-state index is 13.2. The number of nitrogens with zero attached hydrogens (tertiary/aromatic N) is 1. The Morgan fingerprint density at radius 2 is 1.50 bits per heavy atom. The first-order chi connectivity index (χ1) is 17.1. The first-order valence-electron chi connectivity index (χ1n) is 11.3. The number of anilines is 1. The lowest BCUT2D eigenvalue weighted by Gasteiger charge is -2.23. The summed E-state index contributed by atoms with van der Waals surface area (Å²) in [5.74, 6) is -1.56. The summed E-state index contributed by atoms with van der Waals surface area (Å²) < 4.78 is 0. The predicted molar refractivity (Wildman–Crippen MR) is 131 cm³/mol. The lowest BCUT2D eigenvalue weighted by molar-refractivity contribution is -0.133. The van der Waals surface area contributed by atoms with E-state index in [0.29, 0.717) is 16.8 Å². The molecule has 2 fully saturated rings. The number of urea groups is 2. The van der Waals surface area contributed by atoms with Crippen molar-refractivity contribution in [3.63, 3.8) is 0 Å². The Kier molecular flexibility index (Phi) is 5.24. The summed E-state index contributed by atoms with van der Waals surface area (Å²) in [5.41, 5.74) is -0.961. The molecule has 0 bridgehead atoms. The molecule has 36 heavy (non-hydrogen) atoms. The number of amides is 7. The second-order valence-corrected chi connectivity index (χ2v) is 9.17. The summed E-state index contributed by atoms with van der Waals surface area (Å²) in [6.45, 7) is 2.73. The van der Waals surface area contributed by atoms with E-state index in [1.165, 1.54) is 0 Å². The van der Waals surface area contributed by atoms with Crippen LogP contribution in [0, 0.1) is 0 Å². The van der Waals surface area contributed by atoms with E-state index in [4.69, 9.17) is 0 Å². The van der Waals surface area contributed by atoms with Crippen molar-refractivity contribution in [2.24, 2.45) is 0 Å². The molecule has 3 aromatic rings. The zero-order valence-corrected chi connectivity index (χ0v) is 19.5. The van der Waals surface area contributed by atoms with E-state index >= 15 is 0 Å². The van der Waals surface area contributed by atoms with Gasteiger partial charge in [0, 0.05) is 5.69 Å². The van der Waals surface area contributed by atoms with Crippen LogP contribution in [-0.4, -0.2) is 41.2 Å². The van der Waals surface area contributed by atoms with Crippen molar-refractivity contribution in [3.05, 3.63) is 77.9 Å². The number of carbonyl (C=O) groups excluding carboxylic acids is 5. The summed E-state index contributed by atoms with van der Waals surface area (Å²) in [4.78, 5) is 63.1. The van der Waals surface area contributed by atoms with Crippen LogP contribution >= 0.6 is 0 Å². The Labute approximate surface area is 206 Å². The van der Waals surface area contributed by atoms with Gasteiger partial charge in [0.15, 0.2) is 0 Å². The van der Waals surface area contributed by atoms with E-state index in [0.717, 1.165) is 15.7 Å². The monoisotopic (exact) mass is 485 g/mol. The summed E-state index contributed by atoms with van der Waals surface area (Å²) in [6.07, 6.45) is 0. The third-order valence-electron chi connectivity index (χ3n) is 6.69. The van der Waals surface area contributed by atoms with Gasteiger partial charge < -0.3 is 16.0 Å². The molecule has 2 saturated heterocycles. The molecule has 5 rings (SSSR count). The lowest BCUT2D eigenvalue weighted by Crippen LogP contribution is -2.42. The largest absolute Gasteiger partial charge is 0.325 e. The van der Waals surface area contributed by atoms with Gasteiger partial charge in [0.2, 0.25) is 5.91 Å². The van der Waals surface area contributed by atoms with E-state index in [1.807, 2.05) is 36.4 Å². The van der Waals surface area contributed by atoms with Crippen LogP contribution in [0.25, 0.3) is 10.8 Å². The number of hydrogen-bond acceptors (Lipinski definition) is 5. The van der Waals surface area contributed by atoms with Gasteiger partial charge in [0.05, 0.1) is 0 Å². The highest BCUT2D eigenvalue weighted by Gasteiger charge is 2.49. The third-order valence-corrected chi connectivity index (χ3v) is 6.69. The van der Waals surface area contributed by atoms with Gasteiger partial charge in [-0.25, -0.2) is 9.59 Å². The number of hydrogen-bond donors (Lipinski definition) is 4. The number of rotatable bonds is 5. The van der Waals surface area contributed by atoms with Gasteiger partial charge >= 0.3 is 12.1 Å². The van der Waals surface area contributed by atoms with E-state index in [2.05, 4.69) is 21.3 Å². The topological polar surface area (TPSA) is 137 Å². The molecule has 3 aromatic carbocycles. The van der Waals surface area contributed by atoms with Crippen molar-refractivity contribution in [3.8, 4) is 0 Å². The highest BCUT2D eigenvalue weighted by molar-refractivity contribution is 6.10. The van der Waals surface area contributed by atoms with E-state index in [1.54, 1.807) is 44.2 Å². The lowest BCUT2D eigenvalue weighted by atomic mass is 9.90. The van der Waals surface area contributed by atoms with Crippen molar-refractivity contribution in [2.75, 3.05) is 11.9 Å². The predicted octanol–water partition coefficient (Wildman–Crippen LogP) is 2.30. The van der Waals surface area contributed by atoms with Gasteiger partial charge in [-0.1, -0.05) is 48.5 Å². The van der Waals surface area contributed by atoms with Crippen molar-refractivity contribution >= 4 is 46.2 Å². The molecule has 0 aliphatic carbocycles. The third kappa shape index (κ3) is 3.72. The van der Waals surface area contributed by atoms with Gasteiger partial charge in [0.25, 0.3) is 11.8 Å². The molecule has 0 saturated carbocycles. The minimum absolute atomic E-state index is 0.404. The molecule has 2 aliphatic heterocycles. The van der Waals surface area contributed by atoms with Crippen LogP contribution in [0.3, 0.4) is 0 Å². The molecule has 2 unspecified atom stereocenters. The molecule has 4 N–H and O–H groups in total. The zero-order valence-electron chi connectivity index (χ0n) is 19.5. The van der Waals surface area contributed by atoms with E-state index in [-0.39, 0.29) is 0 Å². The minimum atomic E-state index is -1.30. The number of fused-ring (bicyclic) bond motifs is 1. The molecular weight excluding hydrogens is 462 g/mol. The van der Waals surface area contributed by atoms with Crippen molar-refractivity contribution in [2.45, 2.75) is 24.9 Å². The Balaban J connectivity index is 1.28. The Hall–Kier alpha value is -4.73. The van der Waals surface area contributed by atoms with Gasteiger partial charge in [-0.3, -0.25) is 24.6 Å². The summed E-state index contributed by atoms with van der Waals surface area (Å²) >= 11 is 0. The molecule has 2 heterocycles. The molecule has 2 atom stereocenters. The number of carbonyl (C=O) groups is 5. The van der Waals surface area contributed by atoms with Crippen molar-refractivity contribution < 1.29 is 24.0 Å². The first-order valence-corrected chi connectivity index (χ1v) is 11.3. The summed E-state index contributed by atoms with van der Waals surface area (Å²) in [5, 5.41) is 12.1. The molecule has 0 radical (unpaired) electrons. The average molecular weight is 486 g/mol. The van der Waals surface area contributed by atoms with Crippen LogP contribution in [0.4, 0.5) is 15.3 Å². The van der Waals surface area contributed by atoms with Crippen LogP contribution in [-0.2, 0) is 25.5 Å². The van der Waals surface area contributed by atoms with Crippen molar-refractivity contribution in [1.82, 2.24) is 20.9 Å². The maximum atomic E-state index is 13.2. The molecule has 10 heteroatoms. The highest BCUT2D eigenvalue weighted by atomic mass is 16.2. The first kappa shape index (κ1) is 23.0. The minimum Gasteiger partial charge on any atom is -0.325 e. The van der Waals surface area contributed by atoms with Gasteiger partial charge in [0.1, 0.15) is 17.6 Å². The molecule has 182 valence electrons. The summed E-state index contributed by atoms with van der Waals surface area (Å²) in [6, 6.07) is 18.3. The van der Waals surface area contributed by atoms with Gasteiger partial charge in [-0.05, 0) is 53.9 Å². The zero-order chi connectivity index (χ0) is 25.7. The molecule has 0 aromatic heterocycles. The smallest absolute Gasteiger partial charge is 0.325 e. The number of imide groups is 2. The van der Waals surface area contributed by atoms with E-state index in [9.17, 15) is 24.0 Å². The average Bonchev–Trinajstić information content (AvgIpc) is 3.25. The van der Waals surface area contributed by atoms with Crippen LogP contribution in [0.15, 0.2) is 66.7 Å². The number of benzene rings is 3. The van der Waals surface area contributed by atoms with Crippen LogP contribution in [0.2, 0.25) is 0 Å². The SMILES string of the molecule is CC1(c2ccc(NC(=O)CN3C(=O)NC(C)(c4ccc5ccccc5c4)C3=O)cc2)NC(=O)NC1=O.